The predicted molar refractivity (Wildman–Crippen MR) is 83.8 cm³/mol. The van der Waals surface area contributed by atoms with Crippen LogP contribution in [0, 0.1) is 13.8 Å². The van der Waals surface area contributed by atoms with E-state index in [1.807, 2.05) is 13.0 Å². The number of hydrogen-bond acceptors (Lipinski definition) is 3. The number of halogens is 2. The summed E-state index contributed by atoms with van der Waals surface area (Å²) in [6, 6.07) is 6.97. The minimum absolute atomic E-state index is 0.211. The fraction of sp³-hybridized carbons (Fsp3) is 0.167. The van der Waals surface area contributed by atoms with Gasteiger partial charge in [-0.05, 0) is 53.0 Å². The van der Waals surface area contributed by atoms with Gasteiger partial charge in [0.15, 0.2) is 0 Å². The van der Waals surface area contributed by atoms with Gasteiger partial charge in [-0.3, -0.25) is 4.72 Å². The highest BCUT2D eigenvalue weighted by Gasteiger charge is 2.19. The molecule has 102 valence electrons. The molecule has 7 heteroatoms. The van der Waals surface area contributed by atoms with Gasteiger partial charge in [-0.15, -0.1) is 11.3 Å². The largest absolute Gasteiger partial charge is 0.278 e. The van der Waals surface area contributed by atoms with Crippen molar-refractivity contribution in [3.63, 3.8) is 0 Å². The number of rotatable bonds is 3. The second-order valence-corrected chi connectivity index (χ2v) is 8.42. The topological polar surface area (TPSA) is 46.2 Å². The molecule has 0 saturated carbocycles. The Labute approximate surface area is 129 Å². The van der Waals surface area contributed by atoms with Crippen LogP contribution in [0.15, 0.2) is 32.9 Å². The van der Waals surface area contributed by atoms with Crippen LogP contribution in [-0.2, 0) is 10.0 Å². The Morgan fingerprint density at radius 1 is 1.26 bits per heavy atom. The van der Waals surface area contributed by atoms with Gasteiger partial charge in [0.25, 0.3) is 10.0 Å². The summed E-state index contributed by atoms with van der Waals surface area (Å²) in [7, 11) is -3.60. The Morgan fingerprint density at radius 2 is 1.95 bits per heavy atom. The van der Waals surface area contributed by atoms with Gasteiger partial charge < -0.3 is 0 Å². The van der Waals surface area contributed by atoms with Gasteiger partial charge in [0.1, 0.15) is 4.21 Å². The highest BCUT2D eigenvalue weighted by Crippen LogP contribution is 2.33. The smallest absolute Gasteiger partial charge is 0.271 e. The Hall–Kier alpha value is -0.560. The molecular formula is C12H11BrClNO2S2. The summed E-state index contributed by atoms with van der Waals surface area (Å²) in [4.78, 5) is 0. The van der Waals surface area contributed by atoms with Gasteiger partial charge in [-0.25, -0.2) is 8.42 Å². The minimum atomic E-state index is -3.60. The van der Waals surface area contributed by atoms with Crippen LogP contribution in [0.25, 0.3) is 0 Å². The molecule has 2 aromatic rings. The van der Waals surface area contributed by atoms with Crippen LogP contribution >= 0.6 is 38.9 Å². The number of sulfonamides is 1. The summed E-state index contributed by atoms with van der Waals surface area (Å²) in [5.74, 6) is 0. The standard InChI is InChI=1S/C12H11BrClNO2S2/c1-7-4-3-5-9(11(7)13)15-19(16,17)10-6-8(2)12(14)18-10/h3-6,15H,1-2H3. The number of aryl methyl sites for hydroxylation is 2. The van der Waals surface area contributed by atoms with Crippen molar-refractivity contribution in [2.24, 2.45) is 0 Å². The van der Waals surface area contributed by atoms with E-state index in [0.717, 1.165) is 26.9 Å². The molecule has 19 heavy (non-hydrogen) atoms. The van der Waals surface area contributed by atoms with Gasteiger partial charge in [-0.2, -0.15) is 0 Å². The molecule has 1 heterocycles. The Morgan fingerprint density at radius 3 is 2.53 bits per heavy atom. The Balaban J connectivity index is 2.39. The first kappa shape index (κ1) is 14.8. The van der Waals surface area contributed by atoms with E-state index >= 15 is 0 Å². The lowest BCUT2D eigenvalue weighted by molar-refractivity contribution is 0.603. The molecule has 0 aliphatic heterocycles. The van der Waals surface area contributed by atoms with E-state index in [9.17, 15) is 8.42 Å². The Kier molecular flexibility index (Phi) is 4.25. The molecule has 0 aliphatic rings. The van der Waals surface area contributed by atoms with Crippen molar-refractivity contribution in [2.45, 2.75) is 18.1 Å². The zero-order chi connectivity index (χ0) is 14.2. The molecule has 0 bridgehead atoms. The third kappa shape index (κ3) is 3.13. The zero-order valence-corrected chi connectivity index (χ0v) is 14.2. The lowest BCUT2D eigenvalue weighted by Gasteiger charge is -2.09. The number of hydrogen-bond donors (Lipinski definition) is 1. The normalized spacial score (nSPS) is 11.6. The number of anilines is 1. The van der Waals surface area contributed by atoms with E-state index in [-0.39, 0.29) is 4.21 Å². The highest BCUT2D eigenvalue weighted by atomic mass is 79.9. The van der Waals surface area contributed by atoms with Gasteiger partial charge in [0.2, 0.25) is 0 Å². The molecule has 1 aromatic carbocycles. The third-order valence-corrected chi connectivity index (χ3v) is 6.98. The summed E-state index contributed by atoms with van der Waals surface area (Å²) in [6.07, 6.45) is 0. The Bertz CT molecular complexity index is 706. The summed E-state index contributed by atoms with van der Waals surface area (Å²) < 4.78 is 28.5. The van der Waals surface area contributed by atoms with Crippen molar-refractivity contribution < 1.29 is 8.42 Å². The van der Waals surface area contributed by atoms with Crippen LogP contribution in [0.5, 0.6) is 0 Å². The van der Waals surface area contributed by atoms with E-state index in [1.165, 1.54) is 0 Å². The van der Waals surface area contributed by atoms with Crippen molar-refractivity contribution in [1.29, 1.82) is 0 Å². The summed E-state index contributed by atoms with van der Waals surface area (Å²) in [5.41, 5.74) is 2.23. The molecule has 1 aromatic heterocycles. The van der Waals surface area contributed by atoms with E-state index in [4.69, 9.17) is 11.6 Å². The first-order valence-corrected chi connectivity index (χ1v) is 8.82. The number of nitrogens with one attached hydrogen (secondary N) is 1. The van der Waals surface area contributed by atoms with Gasteiger partial charge >= 0.3 is 0 Å². The second kappa shape index (κ2) is 5.44. The van der Waals surface area contributed by atoms with Gasteiger partial charge in [0.05, 0.1) is 10.0 Å². The summed E-state index contributed by atoms with van der Waals surface area (Å²) in [6.45, 7) is 3.68. The van der Waals surface area contributed by atoms with E-state index in [0.29, 0.717) is 10.0 Å². The van der Waals surface area contributed by atoms with Gasteiger partial charge in [-0.1, -0.05) is 23.7 Å². The van der Waals surface area contributed by atoms with Crippen LogP contribution in [0.2, 0.25) is 4.34 Å². The monoisotopic (exact) mass is 379 g/mol. The second-order valence-electron chi connectivity index (χ2n) is 4.06. The lowest BCUT2D eigenvalue weighted by Crippen LogP contribution is -2.12. The van der Waals surface area contributed by atoms with E-state index < -0.39 is 10.0 Å². The van der Waals surface area contributed by atoms with E-state index in [1.54, 1.807) is 25.1 Å². The molecule has 0 aliphatic carbocycles. The molecule has 3 nitrogen and oxygen atoms in total. The maximum absolute atomic E-state index is 12.3. The summed E-state index contributed by atoms with van der Waals surface area (Å²) >= 11 is 10.3. The summed E-state index contributed by atoms with van der Waals surface area (Å²) in [5, 5.41) is 0. The maximum atomic E-state index is 12.3. The van der Waals surface area contributed by atoms with Crippen LogP contribution < -0.4 is 4.72 Å². The average Bonchev–Trinajstić information content (AvgIpc) is 2.66. The maximum Gasteiger partial charge on any atom is 0.271 e. The van der Waals surface area contributed by atoms with Crippen molar-refractivity contribution in [3.05, 3.63) is 44.2 Å². The fourth-order valence-corrected chi connectivity index (χ4v) is 4.76. The van der Waals surface area contributed by atoms with Crippen molar-refractivity contribution in [2.75, 3.05) is 4.72 Å². The quantitative estimate of drug-likeness (QED) is 0.847. The van der Waals surface area contributed by atoms with Crippen LogP contribution in [0.3, 0.4) is 0 Å². The number of benzene rings is 1. The van der Waals surface area contributed by atoms with Gasteiger partial charge in [0, 0.05) is 4.47 Å². The van der Waals surface area contributed by atoms with Crippen LogP contribution in [0.4, 0.5) is 5.69 Å². The zero-order valence-electron chi connectivity index (χ0n) is 10.2. The van der Waals surface area contributed by atoms with Crippen molar-refractivity contribution in [3.8, 4) is 0 Å². The molecule has 0 saturated heterocycles. The first-order chi connectivity index (χ1) is 8.81. The number of thiophene rings is 1. The SMILES string of the molecule is Cc1cc(S(=O)(=O)Nc2cccc(C)c2Br)sc1Cl. The molecule has 2 rings (SSSR count). The molecule has 0 spiro atoms. The average molecular weight is 381 g/mol. The molecule has 0 atom stereocenters. The molecule has 0 unspecified atom stereocenters. The van der Waals surface area contributed by atoms with Crippen molar-refractivity contribution in [1.82, 2.24) is 0 Å². The fourth-order valence-electron chi connectivity index (χ4n) is 1.49. The lowest BCUT2D eigenvalue weighted by atomic mass is 10.2. The highest BCUT2D eigenvalue weighted by molar-refractivity contribution is 9.10. The minimum Gasteiger partial charge on any atom is -0.278 e. The predicted octanol–water partition coefficient (Wildman–Crippen LogP) is 4.58. The molecule has 0 amide bonds. The van der Waals surface area contributed by atoms with E-state index in [2.05, 4.69) is 20.7 Å². The molecule has 0 radical (unpaired) electrons. The first-order valence-electron chi connectivity index (χ1n) is 5.35. The van der Waals surface area contributed by atoms with Crippen molar-refractivity contribution >= 4 is 54.6 Å². The van der Waals surface area contributed by atoms with Crippen LogP contribution in [-0.4, -0.2) is 8.42 Å². The molecule has 1 N–H and O–H groups in total. The third-order valence-electron chi connectivity index (χ3n) is 2.54. The molecule has 0 fully saturated rings. The van der Waals surface area contributed by atoms with Crippen LogP contribution in [0.1, 0.15) is 11.1 Å². The molecular weight excluding hydrogens is 370 g/mol.